The van der Waals surface area contributed by atoms with Crippen LogP contribution in [0.4, 0.5) is 11.8 Å². The summed E-state index contributed by atoms with van der Waals surface area (Å²) in [5.74, 6) is 1.48. The molecule has 1 aliphatic rings. The first-order chi connectivity index (χ1) is 7.90. The van der Waals surface area contributed by atoms with Gasteiger partial charge in [-0.2, -0.15) is 10.1 Å². The van der Waals surface area contributed by atoms with Gasteiger partial charge in [-0.25, -0.2) is 0 Å². The van der Waals surface area contributed by atoms with Crippen molar-refractivity contribution in [3.8, 4) is 0 Å². The summed E-state index contributed by atoms with van der Waals surface area (Å²) < 4.78 is 4.96. The van der Waals surface area contributed by atoms with Crippen LogP contribution in [0.5, 0.6) is 0 Å². The first kappa shape index (κ1) is 11.1. The van der Waals surface area contributed by atoms with Crippen molar-refractivity contribution in [2.75, 3.05) is 43.6 Å². The molecule has 2 rings (SSSR count). The predicted octanol–water partition coefficient (Wildman–Crippen LogP) is 0.530. The topological polar surface area (TPSA) is 63.2 Å². The lowest BCUT2D eigenvalue weighted by molar-refractivity contribution is 0.210. The summed E-state index contributed by atoms with van der Waals surface area (Å²) in [5.41, 5.74) is 0. The predicted molar refractivity (Wildman–Crippen MR) is 61.6 cm³/mol. The highest BCUT2D eigenvalue weighted by atomic mass is 16.5. The fraction of sp³-hybridized carbons (Fsp3) is 0.700. The molecule has 0 radical (unpaired) electrons. The van der Waals surface area contributed by atoms with Crippen LogP contribution in [-0.4, -0.2) is 48.5 Å². The minimum atomic E-state index is 0.656. The second-order valence-corrected chi connectivity index (χ2v) is 3.76. The Bertz CT molecular complexity index is 327. The highest BCUT2D eigenvalue weighted by Crippen LogP contribution is 2.15. The average molecular weight is 223 g/mol. The zero-order chi connectivity index (χ0) is 11.2. The Hall–Kier alpha value is -1.43. The third-order valence-corrected chi connectivity index (χ3v) is 2.55. The number of nitrogens with zero attached hydrogens (tertiary/aromatic N) is 4. The van der Waals surface area contributed by atoms with Crippen LogP contribution in [0.25, 0.3) is 0 Å². The van der Waals surface area contributed by atoms with Gasteiger partial charge in [0.05, 0.1) is 12.8 Å². The molecule has 1 aromatic heterocycles. The van der Waals surface area contributed by atoms with Crippen LogP contribution in [0, 0.1) is 0 Å². The molecule has 88 valence electrons. The second kappa shape index (κ2) is 5.60. The van der Waals surface area contributed by atoms with Gasteiger partial charge in [0, 0.05) is 26.7 Å². The van der Waals surface area contributed by atoms with Crippen molar-refractivity contribution in [3.05, 3.63) is 6.20 Å². The van der Waals surface area contributed by atoms with Crippen molar-refractivity contribution < 1.29 is 4.74 Å². The van der Waals surface area contributed by atoms with Crippen LogP contribution in [-0.2, 0) is 4.74 Å². The van der Waals surface area contributed by atoms with Crippen LogP contribution in [0.2, 0.25) is 0 Å². The molecule has 2 heterocycles. The molecule has 1 aliphatic heterocycles. The fourth-order valence-corrected chi connectivity index (χ4v) is 1.71. The SMILES string of the molecule is COCCNc1cnnc(N2CCCC2)n1. The van der Waals surface area contributed by atoms with E-state index in [1.165, 1.54) is 12.8 Å². The molecule has 0 bridgehead atoms. The summed E-state index contributed by atoms with van der Waals surface area (Å²) in [6.07, 6.45) is 4.06. The molecule has 16 heavy (non-hydrogen) atoms. The van der Waals surface area contributed by atoms with Crippen LogP contribution >= 0.6 is 0 Å². The van der Waals surface area contributed by atoms with Gasteiger partial charge in [-0.15, -0.1) is 5.10 Å². The Balaban J connectivity index is 1.95. The van der Waals surface area contributed by atoms with E-state index in [4.69, 9.17) is 4.74 Å². The summed E-state index contributed by atoms with van der Waals surface area (Å²) in [6, 6.07) is 0. The van der Waals surface area contributed by atoms with Gasteiger partial charge in [0.25, 0.3) is 0 Å². The van der Waals surface area contributed by atoms with Gasteiger partial charge in [-0.1, -0.05) is 0 Å². The van der Waals surface area contributed by atoms with E-state index in [2.05, 4.69) is 25.4 Å². The van der Waals surface area contributed by atoms with E-state index in [0.29, 0.717) is 6.61 Å². The van der Waals surface area contributed by atoms with Gasteiger partial charge in [-0.3, -0.25) is 0 Å². The van der Waals surface area contributed by atoms with E-state index >= 15 is 0 Å². The fourth-order valence-electron chi connectivity index (χ4n) is 1.71. The van der Waals surface area contributed by atoms with Crippen LogP contribution < -0.4 is 10.2 Å². The van der Waals surface area contributed by atoms with Crippen LogP contribution in [0.3, 0.4) is 0 Å². The normalized spacial score (nSPS) is 15.4. The summed E-state index contributed by atoms with van der Waals surface area (Å²) in [6.45, 7) is 3.45. The molecule has 0 atom stereocenters. The maximum atomic E-state index is 4.96. The van der Waals surface area contributed by atoms with E-state index in [1.54, 1.807) is 13.3 Å². The highest BCUT2D eigenvalue weighted by Gasteiger charge is 2.15. The Morgan fingerprint density at radius 3 is 3.00 bits per heavy atom. The van der Waals surface area contributed by atoms with Gasteiger partial charge in [0.1, 0.15) is 0 Å². The second-order valence-electron chi connectivity index (χ2n) is 3.76. The molecule has 1 saturated heterocycles. The van der Waals surface area contributed by atoms with E-state index in [-0.39, 0.29) is 0 Å². The van der Waals surface area contributed by atoms with Crippen LogP contribution in [0.15, 0.2) is 6.20 Å². The van der Waals surface area contributed by atoms with Crippen molar-refractivity contribution >= 4 is 11.8 Å². The molecule has 6 nitrogen and oxygen atoms in total. The number of nitrogens with one attached hydrogen (secondary N) is 1. The monoisotopic (exact) mass is 223 g/mol. The lowest BCUT2D eigenvalue weighted by atomic mass is 10.4. The van der Waals surface area contributed by atoms with Gasteiger partial charge < -0.3 is 15.0 Å². The summed E-state index contributed by atoms with van der Waals surface area (Å²) >= 11 is 0. The Labute approximate surface area is 95.0 Å². The Morgan fingerprint density at radius 2 is 2.25 bits per heavy atom. The molecular weight excluding hydrogens is 206 g/mol. The zero-order valence-corrected chi connectivity index (χ0v) is 9.52. The smallest absolute Gasteiger partial charge is 0.247 e. The summed E-state index contributed by atoms with van der Waals surface area (Å²) in [5, 5.41) is 11.1. The Morgan fingerprint density at radius 1 is 1.44 bits per heavy atom. The van der Waals surface area contributed by atoms with Crippen LogP contribution in [0.1, 0.15) is 12.8 Å². The highest BCUT2D eigenvalue weighted by molar-refractivity contribution is 5.39. The molecule has 6 heteroatoms. The van der Waals surface area contributed by atoms with Crippen molar-refractivity contribution in [1.29, 1.82) is 0 Å². The van der Waals surface area contributed by atoms with Gasteiger partial charge in [0.2, 0.25) is 5.95 Å². The quantitative estimate of drug-likeness (QED) is 0.735. The number of methoxy groups -OCH3 is 1. The van der Waals surface area contributed by atoms with Crippen molar-refractivity contribution in [3.63, 3.8) is 0 Å². The van der Waals surface area contributed by atoms with Gasteiger partial charge in [-0.05, 0) is 12.8 Å². The molecule has 1 N–H and O–H groups in total. The van der Waals surface area contributed by atoms with Crippen molar-refractivity contribution in [2.45, 2.75) is 12.8 Å². The van der Waals surface area contributed by atoms with Crippen molar-refractivity contribution in [1.82, 2.24) is 15.2 Å². The van der Waals surface area contributed by atoms with Crippen molar-refractivity contribution in [2.24, 2.45) is 0 Å². The molecule has 0 aromatic carbocycles. The van der Waals surface area contributed by atoms with E-state index in [9.17, 15) is 0 Å². The minimum absolute atomic E-state index is 0.656. The maximum absolute atomic E-state index is 4.96. The number of hydrogen-bond donors (Lipinski definition) is 1. The number of hydrogen-bond acceptors (Lipinski definition) is 6. The van der Waals surface area contributed by atoms with Gasteiger partial charge >= 0.3 is 0 Å². The molecule has 0 aliphatic carbocycles. The number of rotatable bonds is 5. The summed E-state index contributed by atoms with van der Waals surface area (Å²) in [4.78, 5) is 6.57. The van der Waals surface area contributed by atoms with E-state index in [0.717, 1.165) is 31.4 Å². The van der Waals surface area contributed by atoms with E-state index in [1.807, 2.05) is 0 Å². The molecule has 0 spiro atoms. The number of ether oxygens (including phenoxy) is 1. The molecule has 1 aromatic rings. The Kier molecular flexibility index (Phi) is 3.87. The number of aromatic nitrogens is 3. The van der Waals surface area contributed by atoms with E-state index < -0.39 is 0 Å². The summed E-state index contributed by atoms with van der Waals surface area (Å²) in [7, 11) is 1.68. The molecule has 0 saturated carbocycles. The third kappa shape index (κ3) is 2.79. The van der Waals surface area contributed by atoms with Gasteiger partial charge in [0.15, 0.2) is 5.82 Å². The minimum Gasteiger partial charge on any atom is -0.383 e. The molecule has 0 unspecified atom stereocenters. The standard InChI is InChI=1S/C10H17N5O/c1-16-7-4-11-9-8-12-14-10(13-9)15-5-2-3-6-15/h8H,2-7H2,1H3,(H,11,13,14). The first-order valence-corrected chi connectivity index (χ1v) is 5.57. The zero-order valence-electron chi connectivity index (χ0n) is 9.52. The molecule has 1 fully saturated rings. The maximum Gasteiger partial charge on any atom is 0.247 e. The average Bonchev–Trinajstić information content (AvgIpc) is 2.83. The third-order valence-electron chi connectivity index (χ3n) is 2.55. The lowest BCUT2D eigenvalue weighted by Gasteiger charge is -2.14. The molecular formula is C10H17N5O. The largest absolute Gasteiger partial charge is 0.383 e. The molecule has 0 amide bonds. The first-order valence-electron chi connectivity index (χ1n) is 5.57. The lowest BCUT2D eigenvalue weighted by Crippen LogP contribution is -2.21. The number of anilines is 2.